The highest BCUT2D eigenvalue weighted by molar-refractivity contribution is 6.33. The molecule has 0 saturated carbocycles. The molecule has 11 nitrogen and oxygen atoms in total. The Morgan fingerprint density at radius 1 is 0.861 bits per heavy atom. The molecule has 0 atom stereocenters. The second kappa shape index (κ2) is 11.8. The van der Waals surface area contributed by atoms with Gasteiger partial charge in [-0.15, -0.1) is 0 Å². The molecular formula is C25H32N4O7. The lowest BCUT2D eigenvalue weighted by atomic mass is 9.81. The van der Waals surface area contributed by atoms with Gasteiger partial charge in [-0.25, -0.2) is 0 Å². The maximum absolute atomic E-state index is 13.5. The summed E-state index contributed by atoms with van der Waals surface area (Å²) in [5.74, 6) is -2.21. The minimum atomic E-state index is -0.598. The van der Waals surface area contributed by atoms with E-state index in [1.807, 2.05) is 19.0 Å². The molecule has 36 heavy (non-hydrogen) atoms. The maximum atomic E-state index is 13.5. The lowest BCUT2D eigenvalue weighted by Gasteiger charge is -2.25. The van der Waals surface area contributed by atoms with Crippen LogP contribution in [0.3, 0.4) is 0 Å². The summed E-state index contributed by atoms with van der Waals surface area (Å²) >= 11 is 0. The lowest BCUT2D eigenvalue weighted by molar-refractivity contribution is -0.127. The number of phenolic OH excluding ortho intramolecular Hbond substituents is 2. The van der Waals surface area contributed by atoms with Crippen LogP contribution in [0, 0.1) is 0 Å². The number of ether oxygens (including phenoxy) is 2. The van der Waals surface area contributed by atoms with E-state index in [2.05, 4.69) is 16.0 Å². The molecule has 0 aliphatic heterocycles. The van der Waals surface area contributed by atoms with Crippen molar-refractivity contribution in [3.63, 3.8) is 0 Å². The summed E-state index contributed by atoms with van der Waals surface area (Å²) in [5.41, 5.74) is 0.475. The van der Waals surface area contributed by atoms with E-state index in [4.69, 9.17) is 9.47 Å². The van der Waals surface area contributed by atoms with Gasteiger partial charge in [-0.3, -0.25) is 14.4 Å². The SMILES string of the molecule is COC(CNC(=O)CCNc1ccc(NCCN(C)C)c2c1C(=O)c1c(O)ccc(O)c1C2=O)OC. The number of hydrogen-bond donors (Lipinski definition) is 5. The fraction of sp³-hybridized carbons (Fsp3) is 0.400. The second-order valence-corrected chi connectivity index (χ2v) is 8.53. The number of nitrogens with zero attached hydrogens (tertiary/aromatic N) is 1. The third-order valence-corrected chi connectivity index (χ3v) is 5.81. The Balaban J connectivity index is 1.88. The predicted molar refractivity (Wildman–Crippen MR) is 134 cm³/mol. The first kappa shape index (κ1) is 26.9. The lowest BCUT2D eigenvalue weighted by Crippen LogP contribution is -2.35. The Morgan fingerprint density at radius 2 is 1.36 bits per heavy atom. The van der Waals surface area contributed by atoms with Crippen LogP contribution in [0.2, 0.25) is 0 Å². The van der Waals surface area contributed by atoms with Gasteiger partial charge < -0.3 is 40.5 Å². The van der Waals surface area contributed by atoms with Crippen molar-refractivity contribution in [1.29, 1.82) is 0 Å². The topological polar surface area (TPSA) is 149 Å². The van der Waals surface area contributed by atoms with Crippen LogP contribution in [0.4, 0.5) is 11.4 Å². The standard InChI is InChI=1S/C25H32N4O7/c1-29(2)12-11-27-15-6-5-14(26-10-9-18(32)28-13-19(35-3)36-4)20-21(15)25(34)23-17(31)8-7-16(30)22(23)24(20)33/h5-8,19,26-27,30-31H,9-13H2,1-4H3,(H,28,32). The zero-order valence-corrected chi connectivity index (χ0v) is 20.8. The number of carbonyl (C=O) groups is 3. The molecule has 3 rings (SSSR count). The van der Waals surface area contributed by atoms with E-state index in [-0.39, 0.29) is 53.4 Å². The number of phenols is 2. The molecule has 0 radical (unpaired) electrons. The average Bonchev–Trinajstić information content (AvgIpc) is 2.84. The van der Waals surface area contributed by atoms with E-state index in [0.717, 1.165) is 0 Å². The normalized spacial score (nSPS) is 12.5. The minimum absolute atomic E-state index is 0.0718. The van der Waals surface area contributed by atoms with Crippen LogP contribution in [0.5, 0.6) is 11.5 Å². The first-order chi connectivity index (χ1) is 17.2. The van der Waals surface area contributed by atoms with Gasteiger partial charge in [-0.05, 0) is 38.4 Å². The van der Waals surface area contributed by atoms with Gasteiger partial charge in [0, 0.05) is 51.6 Å². The Hall–Kier alpha value is -3.67. The molecule has 0 fully saturated rings. The van der Waals surface area contributed by atoms with E-state index < -0.39 is 23.6 Å². The van der Waals surface area contributed by atoms with E-state index in [1.54, 1.807) is 12.1 Å². The highest BCUT2D eigenvalue weighted by atomic mass is 16.7. The first-order valence-electron chi connectivity index (χ1n) is 11.5. The number of hydrogen-bond acceptors (Lipinski definition) is 10. The molecule has 11 heteroatoms. The Labute approximate surface area is 209 Å². The number of anilines is 2. The molecule has 1 aliphatic carbocycles. The molecule has 2 aromatic rings. The van der Waals surface area contributed by atoms with E-state index in [9.17, 15) is 24.6 Å². The largest absolute Gasteiger partial charge is 0.507 e. The van der Waals surface area contributed by atoms with Crippen molar-refractivity contribution in [2.24, 2.45) is 0 Å². The van der Waals surface area contributed by atoms with Crippen molar-refractivity contribution in [2.45, 2.75) is 12.7 Å². The monoisotopic (exact) mass is 500 g/mol. The van der Waals surface area contributed by atoms with Crippen molar-refractivity contribution in [1.82, 2.24) is 10.2 Å². The molecule has 1 aliphatic rings. The van der Waals surface area contributed by atoms with Gasteiger partial charge in [0.25, 0.3) is 0 Å². The van der Waals surface area contributed by atoms with Gasteiger partial charge in [0.05, 0.1) is 28.8 Å². The summed E-state index contributed by atoms with van der Waals surface area (Å²) in [6.45, 7) is 1.55. The third-order valence-electron chi connectivity index (χ3n) is 5.81. The van der Waals surface area contributed by atoms with Crippen LogP contribution in [-0.2, 0) is 14.3 Å². The number of methoxy groups -OCH3 is 2. The fourth-order valence-electron chi connectivity index (χ4n) is 3.93. The number of amides is 1. The second-order valence-electron chi connectivity index (χ2n) is 8.53. The number of benzene rings is 2. The zero-order chi connectivity index (χ0) is 26.4. The van der Waals surface area contributed by atoms with Crippen LogP contribution in [-0.4, -0.2) is 93.4 Å². The number of likely N-dealkylation sites (N-methyl/N-ethyl adjacent to an activating group) is 1. The van der Waals surface area contributed by atoms with Crippen LogP contribution in [0.1, 0.15) is 38.3 Å². The number of carbonyl (C=O) groups excluding carboxylic acids is 3. The summed E-state index contributed by atoms with van der Waals surface area (Å²) in [7, 11) is 6.77. The third kappa shape index (κ3) is 5.76. The maximum Gasteiger partial charge on any atom is 0.221 e. The van der Waals surface area contributed by atoms with Crippen LogP contribution >= 0.6 is 0 Å². The van der Waals surface area contributed by atoms with Crippen molar-refractivity contribution >= 4 is 28.8 Å². The smallest absolute Gasteiger partial charge is 0.221 e. The predicted octanol–water partition coefficient (Wildman–Crippen LogP) is 1.38. The molecular weight excluding hydrogens is 468 g/mol. The molecule has 0 saturated heterocycles. The van der Waals surface area contributed by atoms with Gasteiger partial charge in [0.2, 0.25) is 17.5 Å². The highest BCUT2D eigenvalue weighted by Gasteiger charge is 2.37. The van der Waals surface area contributed by atoms with Crippen LogP contribution in [0.25, 0.3) is 0 Å². The number of ketones is 2. The van der Waals surface area contributed by atoms with Gasteiger partial charge in [0.15, 0.2) is 6.29 Å². The summed E-state index contributed by atoms with van der Waals surface area (Å²) in [6, 6.07) is 5.68. The Morgan fingerprint density at radius 3 is 1.83 bits per heavy atom. The molecule has 5 N–H and O–H groups in total. The molecule has 0 unspecified atom stereocenters. The number of rotatable bonds is 12. The zero-order valence-electron chi connectivity index (χ0n) is 20.8. The molecule has 194 valence electrons. The first-order valence-corrected chi connectivity index (χ1v) is 11.5. The average molecular weight is 501 g/mol. The van der Waals surface area contributed by atoms with Gasteiger partial charge in [0.1, 0.15) is 11.5 Å². The Bertz CT molecular complexity index is 1150. The van der Waals surface area contributed by atoms with Crippen LogP contribution < -0.4 is 16.0 Å². The van der Waals surface area contributed by atoms with Crippen molar-refractivity contribution in [3.8, 4) is 11.5 Å². The summed E-state index contributed by atoms with van der Waals surface area (Å²) in [6.07, 6.45) is -0.475. The fourth-order valence-corrected chi connectivity index (χ4v) is 3.93. The molecule has 2 aromatic carbocycles. The van der Waals surface area contributed by atoms with Crippen molar-refractivity contribution in [3.05, 3.63) is 46.5 Å². The molecule has 0 aromatic heterocycles. The van der Waals surface area contributed by atoms with Crippen molar-refractivity contribution in [2.75, 3.05) is 65.1 Å². The van der Waals surface area contributed by atoms with Crippen LogP contribution in [0.15, 0.2) is 24.3 Å². The summed E-state index contributed by atoms with van der Waals surface area (Å²) in [5, 5.41) is 29.6. The summed E-state index contributed by atoms with van der Waals surface area (Å²) in [4.78, 5) is 41.2. The number of fused-ring (bicyclic) bond motifs is 2. The number of aromatic hydroxyl groups is 2. The van der Waals surface area contributed by atoms with Gasteiger partial charge in [-0.2, -0.15) is 0 Å². The molecule has 0 heterocycles. The minimum Gasteiger partial charge on any atom is -0.507 e. The van der Waals surface area contributed by atoms with E-state index >= 15 is 0 Å². The van der Waals surface area contributed by atoms with Gasteiger partial charge in [-0.1, -0.05) is 0 Å². The highest BCUT2D eigenvalue weighted by Crippen LogP contribution is 2.42. The molecule has 1 amide bonds. The van der Waals surface area contributed by atoms with E-state index in [1.165, 1.54) is 26.4 Å². The quantitative estimate of drug-likeness (QED) is 0.182. The van der Waals surface area contributed by atoms with Gasteiger partial charge >= 0.3 is 0 Å². The molecule has 0 bridgehead atoms. The Kier molecular flexibility index (Phi) is 8.86. The molecule has 0 spiro atoms. The summed E-state index contributed by atoms with van der Waals surface area (Å²) < 4.78 is 10.1. The van der Waals surface area contributed by atoms with E-state index in [0.29, 0.717) is 24.5 Å². The van der Waals surface area contributed by atoms with Crippen molar-refractivity contribution < 1.29 is 34.1 Å². The number of nitrogens with one attached hydrogen (secondary N) is 3.